The second-order valence-corrected chi connectivity index (χ2v) is 6.24. The molecule has 0 fully saturated rings. The van der Waals surface area contributed by atoms with E-state index >= 15 is 0 Å². The van der Waals surface area contributed by atoms with Crippen molar-refractivity contribution in [1.82, 2.24) is 5.32 Å². The van der Waals surface area contributed by atoms with E-state index in [0.717, 1.165) is 26.5 Å². The lowest BCUT2D eigenvalue weighted by Gasteiger charge is -2.08. The van der Waals surface area contributed by atoms with Crippen molar-refractivity contribution in [3.63, 3.8) is 0 Å². The third-order valence-electron chi connectivity index (χ3n) is 2.88. The number of ether oxygens (including phenoxy) is 1. The van der Waals surface area contributed by atoms with Crippen LogP contribution in [0.4, 0.5) is 4.79 Å². The fourth-order valence-electron chi connectivity index (χ4n) is 1.81. The minimum absolute atomic E-state index is 0.285. The van der Waals surface area contributed by atoms with Gasteiger partial charge in [-0.2, -0.15) is 0 Å². The zero-order valence-corrected chi connectivity index (χ0v) is 14.5. The minimum Gasteiger partial charge on any atom is -0.445 e. The number of hydrogen-bond donors (Lipinski definition) is 1. The summed E-state index contributed by atoms with van der Waals surface area (Å²) in [5.41, 5.74) is 2.11. The van der Waals surface area contributed by atoms with Crippen molar-refractivity contribution in [2.45, 2.75) is 13.0 Å². The van der Waals surface area contributed by atoms with Gasteiger partial charge in [0, 0.05) is 15.5 Å². The molecule has 0 radical (unpaired) electrons. The number of nitrogens with one attached hydrogen (secondary N) is 1. The molecular formula is C16H15Br2NO2. The quantitative estimate of drug-likeness (QED) is 0.774. The van der Waals surface area contributed by atoms with Crippen molar-refractivity contribution in [2.24, 2.45) is 0 Å². The third kappa shape index (κ3) is 5.52. The first-order valence-corrected chi connectivity index (χ1v) is 8.12. The molecule has 2 rings (SSSR count). The van der Waals surface area contributed by atoms with Crippen LogP contribution >= 0.6 is 31.9 Å². The first-order valence-electron chi connectivity index (χ1n) is 6.53. The first-order chi connectivity index (χ1) is 10.1. The van der Waals surface area contributed by atoms with Gasteiger partial charge in [0.2, 0.25) is 0 Å². The van der Waals surface area contributed by atoms with Crippen molar-refractivity contribution in [3.8, 4) is 0 Å². The molecule has 0 atom stereocenters. The lowest BCUT2D eigenvalue weighted by Crippen LogP contribution is -2.26. The van der Waals surface area contributed by atoms with Gasteiger partial charge in [-0.1, -0.05) is 62.2 Å². The highest BCUT2D eigenvalue weighted by Crippen LogP contribution is 2.21. The van der Waals surface area contributed by atoms with Gasteiger partial charge < -0.3 is 10.1 Å². The van der Waals surface area contributed by atoms with E-state index in [0.29, 0.717) is 6.54 Å². The Hall–Kier alpha value is -1.33. The molecule has 0 aliphatic heterocycles. The molecule has 0 saturated carbocycles. The number of rotatable bonds is 5. The number of halogens is 2. The molecule has 0 aromatic heterocycles. The molecule has 3 nitrogen and oxygen atoms in total. The summed E-state index contributed by atoms with van der Waals surface area (Å²) in [5.74, 6) is 0. The maximum Gasteiger partial charge on any atom is 0.407 e. The molecule has 2 aromatic rings. The number of benzene rings is 2. The molecule has 0 unspecified atom stereocenters. The Kier molecular flexibility index (Phi) is 6.26. The van der Waals surface area contributed by atoms with Crippen LogP contribution in [0.1, 0.15) is 11.1 Å². The monoisotopic (exact) mass is 411 g/mol. The van der Waals surface area contributed by atoms with Gasteiger partial charge in [-0.3, -0.25) is 0 Å². The van der Waals surface area contributed by atoms with E-state index in [2.05, 4.69) is 37.2 Å². The highest BCUT2D eigenvalue weighted by Gasteiger charge is 2.04. The number of hydrogen-bond acceptors (Lipinski definition) is 2. The molecule has 5 heteroatoms. The van der Waals surface area contributed by atoms with Crippen LogP contribution < -0.4 is 5.32 Å². The molecule has 1 amide bonds. The largest absolute Gasteiger partial charge is 0.445 e. The number of carbonyl (C=O) groups excluding carboxylic acids is 1. The van der Waals surface area contributed by atoms with Crippen LogP contribution in [0.25, 0.3) is 0 Å². The molecule has 2 aromatic carbocycles. The highest BCUT2D eigenvalue weighted by atomic mass is 79.9. The Morgan fingerprint density at radius 1 is 1.10 bits per heavy atom. The number of amides is 1. The number of carbonyl (C=O) groups is 1. The fraction of sp³-hybridized carbons (Fsp3) is 0.188. The Bertz CT molecular complexity index is 602. The summed E-state index contributed by atoms with van der Waals surface area (Å²) in [4.78, 5) is 11.6. The predicted molar refractivity (Wildman–Crippen MR) is 90.2 cm³/mol. The molecule has 0 aliphatic carbocycles. The minimum atomic E-state index is -0.398. The Morgan fingerprint density at radius 3 is 2.62 bits per heavy atom. The second-order valence-electron chi connectivity index (χ2n) is 4.47. The zero-order chi connectivity index (χ0) is 15.1. The Morgan fingerprint density at radius 2 is 1.86 bits per heavy atom. The summed E-state index contributed by atoms with van der Waals surface area (Å²) in [6, 6.07) is 15.6. The van der Waals surface area contributed by atoms with Crippen molar-refractivity contribution in [2.75, 3.05) is 6.54 Å². The maximum absolute atomic E-state index is 11.6. The van der Waals surface area contributed by atoms with E-state index in [1.807, 2.05) is 48.5 Å². The third-order valence-corrected chi connectivity index (χ3v) is 4.15. The van der Waals surface area contributed by atoms with E-state index in [9.17, 15) is 4.79 Å². The maximum atomic E-state index is 11.6. The van der Waals surface area contributed by atoms with E-state index < -0.39 is 6.09 Å². The van der Waals surface area contributed by atoms with E-state index in [-0.39, 0.29) is 6.61 Å². The van der Waals surface area contributed by atoms with Gasteiger partial charge in [-0.15, -0.1) is 0 Å². The molecule has 0 spiro atoms. The van der Waals surface area contributed by atoms with Gasteiger partial charge in [0.25, 0.3) is 0 Å². The van der Waals surface area contributed by atoms with Crippen molar-refractivity contribution in [1.29, 1.82) is 0 Å². The van der Waals surface area contributed by atoms with Crippen LogP contribution in [-0.2, 0) is 17.8 Å². The topological polar surface area (TPSA) is 38.3 Å². The van der Waals surface area contributed by atoms with Crippen molar-refractivity contribution >= 4 is 38.0 Å². The van der Waals surface area contributed by atoms with E-state index in [1.54, 1.807) is 0 Å². The summed E-state index contributed by atoms with van der Waals surface area (Å²) < 4.78 is 7.20. The van der Waals surface area contributed by atoms with Crippen LogP contribution in [-0.4, -0.2) is 12.6 Å². The molecule has 0 aliphatic rings. The summed E-state index contributed by atoms with van der Waals surface area (Å²) >= 11 is 6.93. The summed E-state index contributed by atoms with van der Waals surface area (Å²) in [6.07, 6.45) is 0.338. The molecule has 21 heavy (non-hydrogen) atoms. The summed E-state index contributed by atoms with van der Waals surface area (Å²) in [5, 5.41) is 2.75. The summed E-state index contributed by atoms with van der Waals surface area (Å²) in [6.45, 7) is 0.815. The number of alkyl carbamates (subject to hydrolysis) is 1. The Balaban J connectivity index is 1.73. The van der Waals surface area contributed by atoms with Crippen LogP contribution in [0, 0.1) is 0 Å². The van der Waals surface area contributed by atoms with E-state index in [4.69, 9.17) is 4.74 Å². The molecule has 1 N–H and O–H groups in total. The lowest BCUT2D eigenvalue weighted by molar-refractivity contribution is 0.140. The van der Waals surface area contributed by atoms with Gasteiger partial charge in [0.15, 0.2) is 0 Å². The van der Waals surface area contributed by atoms with Crippen molar-refractivity contribution < 1.29 is 9.53 Å². The normalized spacial score (nSPS) is 10.2. The molecule has 0 bridgehead atoms. The molecular weight excluding hydrogens is 398 g/mol. The van der Waals surface area contributed by atoms with Gasteiger partial charge in [0.05, 0.1) is 0 Å². The van der Waals surface area contributed by atoms with Crippen LogP contribution in [0.5, 0.6) is 0 Å². The van der Waals surface area contributed by atoms with Gasteiger partial charge >= 0.3 is 6.09 Å². The molecule has 0 heterocycles. The SMILES string of the molecule is O=C(NCCc1cc(Br)ccc1Br)OCc1ccccc1. The van der Waals surface area contributed by atoms with Crippen LogP contribution in [0.3, 0.4) is 0 Å². The van der Waals surface area contributed by atoms with Gasteiger partial charge in [0.1, 0.15) is 6.61 Å². The van der Waals surface area contributed by atoms with Crippen molar-refractivity contribution in [3.05, 3.63) is 68.6 Å². The van der Waals surface area contributed by atoms with Gasteiger partial charge in [-0.05, 0) is 35.7 Å². The zero-order valence-electron chi connectivity index (χ0n) is 11.3. The summed E-state index contributed by atoms with van der Waals surface area (Å²) in [7, 11) is 0. The molecule has 0 saturated heterocycles. The fourth-order valence-corrected chi connectivity index (χ4v) is 2.66. The average molecular weight is 413 g/mol. The smallest absolute Gasteiger partial charge is 0.407 e. The highest BCUT2D eigenvalue weighted by molar-refractivity contribution is 9.11. The average Bonchev–Trinajstić information content (AvgIpc) is 2.50. The van der Waals surface area contributed by atoms with Crippen LogP contribution in [0.2, 0.25) is 0 Å². The second kappa shape index (κ2) is 8.20. The standard InChI is InChI=1S/C16H15Br2NO2/c17-14-6-7-15(18)13(10-14)8-9-19-16(20)21-11-12-4-2-1-3-5-12/h1-7,10H,8-9,11H2,(H,19,20). The predicted octanol–water partition coefficient (Wildman–Crippen LogP) is 4.68. The lowest BCUT2D eigenvalue weighted by atomic mass is 10.1. The molecule has 110 valence electrons. The van der Waals surface area contributed by atoms with Gasteiger partial charge in [-0.25, -0.2) is 4.79 Å². The van der Waals surface area contributed by atoms with E-state index in [1.165, 1.54) is 0 Å². The first kappa shape index (κ1) is 16.0. The van der Waals surface area contributed by atoms with Crippen LogP contribution in [0.15, 0.2) is 57.5 Å². The Labute approximate surface area is 141 Å².